The first-order valence-corrected chi connectivity index (χ1v) is 5.16. The third-order valence-corrected chi connectivity index (χ3v) is 2.44. The van der Waals surface area contributed by atoms with Gasteiger partial charge in [0.25, 0.3) is 0 Å². The first kappa shape index (κ1) is 5.92. The first-order valence-electron chi connectivity index (χ1n) is 7.16. The molecular formula is C13H19N. The van der Waals surface area contributed by atoms with Crippen LogP contribution in [0.3, 0.4) is 0 Å². The van der Waals surface area contributed by atoms with Crippen LogP contribution in [0.5, 0.6) is 0 Å². The van der Waals surface area contributed by atoms with E-state index in [1.54, 1.807) is 0 Å². The Bertz CT molecular complexity index is 405. The van der Waals surface area contributed by atoms with Gasteiger partial charge in [-0.15, -0.1) is 0 Å². The van der Waals surface area contributed by atoms with Gasteiger partial charge < -0.3 is 0 Å². The van der Waals surface area contributed by atoms with Crippen molar-refractivity contribution in [2.75, 3.05) is 13.0 Å². The second kappa shape index (κ2) is 4.61. The molecule has 1 unspecified atom stereocenters. The maximum atomic E-state index is 8.15. The van der Waals surface area contributed by atoms with Crippen LogP contribution in [-0.4, -0.2) is 17.9 Å². The van der Waals surface area contributed by atoms with Crippen LogP contribution in [-0.2, 0) is 6.54 Å². The molecule has 1 aromatic carbocycles. The quantitative estimate of drug-likeness (QED) is 0.698. The van der Waals surface area contributed by atoms with Crippen LogP contribution in [0.4, 0.5) is 0 Å². The van der Waals surface area contributed by atoms with Crippen LogP contribution >= 0.6 is 0 Å². The molecule has 1 heterocycles. The third kappa shape index (κ3) is 2.58. The van der Waals surface area contributed by atoms with Gasteiger partial charge in [-0.25, -0.2) is 0 Å². The molecule has 0 saturated carbocycles. The fourth-order valence-corrected chi connectivity index (χ4v) is 1.66. The summed E-state index contributed by atoms with van der Waals surface area (Å²) in [5, 5.41) is 0. The molecule has 1 fully saturated rings. The van der Waals surface area contributed by atoms with Crippen molar-refractivity contribution in [1.29, 1.82) is 0 Å². The zero-order chi connectivity index (χ0) is 13.4. The minimum absolute atomic E-state index is 0.148. The summed E-state index contributed by atoms with van der Waals surface area (Å²) >= 11 is 0. The van der Waals surface area contributed by atoms with Gasteiger partial charge in [0.05, 0.1) is 0 Å². The molecule has 1 aliphatic heterocycles. The van der Waals surface area contributed by atoms with Crippen LogP contribution in [0.2, 0.25) is 0 Å². The van der Waals surface area contributed by atoms with Gasteiger partial charge in [-0.1, -0.05) is 37.3 Å². The van der Waals surface area contributed by atoms with Crippen molar-refractivity contribution in [2.24, 2.45) is 5.92 Å². The molecular weight excluding hydrogens is 170 g/mol. The smallest absolute Gasteiger partial charge is 0.0433 e. The Morgan fingerprint density at radius 2 is 2.21 bits per heavy atom. The highest BCUT2D eigenvalue weighted by Gasteiger charge is 2.15. The highest BCUT2D eigenvalue weighted by atomic mass is 15.1. The van der Waals surface area contributed by atoms with Crippen molar-refractivity contribution in [1.82, 2.24) is 4.90 Å². The van der Waals surface area contributed by atoms with Gasteiger partial charge in [-0.3, -0.25) is 4.90 Å². The second-order valence-corrected chi connectivity index (χ2v) is 3.80. The van der Waals surface area contributed by atoms with E-state index in [9.17, 15) is 0 Å². The van der Waals surface area contributed by atoms with Crippen LogP contribution in [0.25, 0.3) is 0 Å². The van der Waals surface area contributed by atoms with Crippen molar-refractivity contribution in [3.63, 3.8) is 0 Å². The van der Waals surface area contributed by atoms with Gasteiger partial charge in [0.15, 0.2) is 0 Å². The molecule has 1 aliphatic rings. The molecule has 0 bridgehead atoms. The molecule has 0 amide bonds. The summed E-state index contributed by atoms with van der Waals surface area (Å²) in [7, 11) is 0. The van der Waals surface area contributed by atoms with Crippen molar-refractivity contribution in [2.45, 2.75) is 26.3 Å². The minimum atomic E-state index is -1.60. The number of piperidine rings is 1. The van der Waals surface area contributed by atoms with Gasteiger partial charge in [-0.2, -0.15) is 0 Å². The van der Waals surface area contributed by atoms with E-state index < -0.39 is 13.0 Å². The molecule has 1 saturated heterocycles. The van der Waals surface area contributed by atoms with Gasteiger partial charge in [0, 0.05) is 18.5 Å². The van der Waals surface area contributed by atoms with Gasteiger partial charge in [0.2, 0.25) is 0 Å². The fraction of sp³-hybridized carbons (Fsp3) is 0.538. The topological polar surface area (TPSA) is 3.24 Å². The monoisotopic (exact) mass is 193 g/mol. The van der Waals surface area contributed by atoms with E-state index in [-0.39, 0.29) is 5.92 Å². The maximum absolute atomic E-state index is 8.15. The summed E-state index contributed by atoms with van der Waals surface area (Å²) in [6.07, 6.45) is 0.978. The third-order valence-electron chi connectivity index (χ3n) is 2.44. The zero-order valence-corrected chi connectivity index (χ0v) is 8.53. The number of nitrogens with zero attached hydrogens (tertiary/aromatic N) is 1. The summed E-state index contributed by atoms with van der Waals surface area (Å²) in [6.45, 7) is -1.01. The Kier molecular flexibility index (Phi) is 1.95. The summed E-state index contributed by atoms with van der Waals surface area (Å²) in [5.41, 5.74) is 0.944. The molecule has 0 spiro atoms. The molecule has 0 aliphatic carbocycles. The molecule has 0 N–H and O–H groups in total. The Balaban J connectivity index is 2.26. The molecule has 2 rings (SSSR count). The number of likely N-dealkylation sites (tertiary alicyclic amines) is 1. The van der Waals surface area contributed by atoms with Crippen LogP contribution in [0.15, 0.2) is 30.3 Å². The number of hydrogen-bond acceptors (Lipinski definition) is 1. The second-order valence-electron chi connectivity index (χ2n) is 3.80. The molecule has 1 atom stereocenters. The molecule has 1 nitrogen and oxygen atoms in total. The van der Waals surface area contributed by atoms with Gasteiger partial charge >= 0.3 is 0 Å². The summed E-state index contributed by atoms with van der Waals surface area (Å²) < 4.78 is 32.4. The van der Waals surface area contributed by atoms with Crippen molar-refractivity contribution >= 4 is 0 Å². The molecule has 0 radical (unpaired) electrons. The lowest BCUT2D eigenvalue weighted by molar-refractivity contribution is 0.176. The van der Waals surface area contributed by atoms with E-state index in [2.05, 4.69) is 0 Å². The van der Waals surface area contributed by atoms with Crippen molar-refractivity contribution < 1.29 is 5.48 Å². The van der Waals surface area contributed by atoms with E-state index in [1.165, 1.54) is 4.90 Å². The largest absolute Gasteiger partial charge is 0.299 e. The highest BCUT2D eigenvalue weighted by Crippen LogP contribution is 2.17. The van der Waals surface area contributed by atoms with Crippen LogP contribution < -0.4 is 0 Å². The first-order chi connectivity index (χ1) is 8.34. The number of rotatable bonds is 2. The summed E-state index contributed by atoms with van der Waals surface area (Å²) in [6, 6.07) is 9.52. The molecule has 1 heteroatoms. The standard InChI is InChI=1S/C13H19N/c1-12-6-5-9-14(10-12)11-13-7-3-2-4-8-13/h2-4,7-8,12H,5-6,9-11H2,1H3/i9D2,10D2. The summed E-state index contributed by atoms with van der Waals surface area (Å²) in [4.78, 5) is 1.36. The molecule has 14 heavy (non-hydrogen) atoms. The van der Waals surface area contributed by atoms with E-state index >= 15 is 0 Å². The van der Waals surface area contributed by atoms with Gasteiger partial charge in [0.1, 0.15) is 0 Å². The lowest BCUT2D eigenvalue weighted by Gasteiger charge is -2.30. The lowest BCUT2D eigenvalue weighted by atomic mass is 10.00. The Labute approximate surface area is 92.4 Å². The zero-order valence-electron chi connectivity index (χ0n) is 12.5. The predicted molar refractivity (Wildman–Crippen MR) is 60.1 cm³/mol. The normalized spacial score (nSPS) is 35.1. The fourth-order valence-electron chi connectivity index (χ4n) is 1.66. The minimum Gasteiger partial charge on any atom is -0.299 e. The molecule has 1 aromatic rings. The highest BCUT2D eigenvalue weighted by molar-refractivity contribution is 5.14. The van der Waals surface area contributed by atoms with E-state index in [4.69, 9.17) is 5.48 Å². The van der Waals surface area contributed by atoms with E-state index in [0.29, 0.717) is 19.4 Å². The molecule has 0 aromatic heterocycles. The van der Waals surface area contributed by atoms with E-state index in [0.717, 1.165) is 5.56 Å². The maximum Gasteiger partial charge on any atom is 0.0433 e. The Morgan fingerprint density at radius 3 is 3.00 bits per heavy atom. The number of hydrogen-bond donors (Lipinski definition) is 0. The van der Waals surface area contributed by atoms with Gasteiger partial charge in [-0.05, 0) is 30.8 Å². The Hall–Kier alpha value is -0.820. The van der Waals surface area contributed by atoms with Crippen molar-refractivity contribution in [3.8, 4) is 0 Å². The molecule has 76 valence electrons. The van der Waals surface area contributed by atoms with Crippen LogP contribution in [0.1, 0.15) is 30.8 Å². The average Bonchev–Trinajstić information content (AvgIpc) is 2.32. The Morgan fingerprint density at radius 1 is 1.43 bits per heavy atom. The summed E-state index contributed by atoms with van der Waals surface area (Å²) in [5.74, 6) is -0.148. The van der Waals surface area contributed by atoms with Crippen molar-refractivity contribution in [3.05, 3.63) is 35.9 Å². The average molecular weight is 193 g/mol. The SMILES string of the molecule is [2H]C1([2H])CCC(C)C([2H])([2H])N1Cc1ccccc1. The predicted octanol–water partition coefficient (Wildman–Crippen LogP) is 2.92. The number of benzene rings is 1. The lowest BCUT2D eigenvalue weighted by Crippen LogP contribution is -2.33. The van der Waals surface area contributed by atoms with Crippen LogP contribution in [0, 0.1) is 5.92 Å². The van der Waals surface area contributed by atoms with E-state index in [1.807, 2.05) is 37.3 Å².